The predicted octanol–water partition coefficient (Wildman–Crippen LogP) is 1.69. The fourth-order valence-electron chi connectivity index (χ4n) is 0.544. The van der Waals surface area contributed by atoms with Crippen LogP contribution in [-0.4, -0.2) is 6.21 Å². The van der Waals surface area contributed by atoms with Gasteiger partial charge in [0.05, 0.1) is 0 Å². The molecule has 0 aromatic carbocycles. The average Bonchev–Trinajstić information content (AvgIpc) is 1.90. The van der Waals surface area contributed by atoms with Crippen molar-refractivity contribution in [3.8, 4) is 0 Å². The molecule has 0 aliphatic carbocycles. The molecule has 0 aromatic rings. The summed E-state index contributed by atoms with van der Waals surface area (Å²) in [5.74, 6) is 0. The molecule has 8 heavy (non-hydrogen) atoms. The topological polar surface area (TPSA) is 12.4 Å². The maximum Gasteiger partial charge on any atom is 0.0273 e. The molecule has 1 nitrogen and oxygen atoms in total. The van der Waals surface area contributed by atoms with Gasteiger partial charge in [-0.1, -0.05) is 6.58 Å². The molecule has 0 saturated carbocycles. The van der Waals surface area contributed by atoms with Crippen molar-refractivity contribution in [2.45, 2.75) is 6.42 Å². The zero-order valence-corrected chi connectivity index (χ0v) is 4.59. The van der Waals surface area contributed by atoms with Gasteiger partial charge in [-0.25, -0.2) is 0 Å². The predicted molar refractivity (Wildman–Crippen MR) is 34.9 cm³/mol. The zero-order valence-electron chi connectivity index (χ0n) is 4.59. The standard InChI is InChI=1S/C7H7N/c1-2-7-3-5-8-6-4-7/h3,5-6H,1,4H2. The maximum atomic E-state index is 3.88. The molecule has 0 fully saturated rings. The Morgan fingerprint density at radius 3 is 3.00 bits per heavy atom. The molecular formula is C7H7N. The van der Waals surface area contributed by atoms with E-state index < -0.39 is 0 Å². The number of hydrogen-bond donors (Lipinski definition) is 0. The molecule has 0 radical (unpaired) electrons. The van der Waals surface area contributed by atoms with E-state index in [0.29, 0.717) is 0 Å². The Morgan fingerprint density at radius 1 is 1.75 bits per heavy atom. The largest absolute Gasteiger partial charge is 0.269 e. The first kappa shape index (κ1) is 5.07. The van der Waals surface area contributed by atoms with Crippen LogP contribution in [-0.2, 0) is 0 Å². The van der Waals surface area contributed by atoms with Crippen LogP contribution in [0.15, 0.2) is 35.2 Å². The molecule has 40 valence electrons. The molecule has 0 unspecified atom stereocenters. The van der Waals surface area contributed by atoms with Crippen molar-refractivity contribution in [2.75, 3.05) is 0 Å². The van der Waals surface area contributed by atoms with Gasteiger partial charge in [-0.15, -0.1) is 5.73 Å². The summed E-state index contributed by atoms with van der Waals surface area (Å²) in [5, 5.41) is 0. The lowest BCUT2D eigenvalue weighted by molar-refractivity contribution is 1.32. The first-order chi connectivity index (χ1) is 3.93. The number of allylic oxidation sites excluding steroid dienone is 2. The Bertz CT molecular complexity index is 181. The minimum atomic E-state index is 0.875. The van der Waals surface area contributed by atoms with Crippen molar-refractivity contribution in [1.29, 1.82) is 0 Å². The van der Waals surface area contributed by atoms with Crippen LogP contribution in [0.25, 0.3) is 0 Å². The van der Waals surface area contributed by atoms with E-state index in [1.54, 1.807) is 6.20 Å². The van der Waals surface area contributed by atoms with Gasteiger partial charge in [-0.3, -0.25) is 4.99 Å². The van der Waals surface area contributed by atoms with Crippen molar-refractivity contribution in [3.63, 3.8) is 0 Å². The molecule has 1 aliphatic rings. The monoisotopic (exact) mass is 105 g/mol. The number of aliphatic imine (C=N–C) groups is 1. The van der Waals surface area contributed by atoms with Crippen LogP contribution in [0.1, 0.15) is 6.42 Å². The molecule has 0 amide bonds. The molecular weight excluding hydrogens is 98.1 g/mol. The average molecular weight is 105 g/mol. The summed E-state index contributed by atoms with van der Waals surface area (Å²) in [6, 6.07) is 0. The Kier molecular flexibility index (Phi) is 1.45. The van der Waals surface area contributed by atoms with Gasteiger partial charge >= 0.3 is 0 Å². The SMILES string of the molecule is C=C=C1C=CN=CC1. The Balaban J connectivity index is 2.80. The summed E-state index contributed by atoms with van der Waals surface area (Å²) >= 11 is 0. The van der Waals surface area contributed by atoms with Gasteiger partial charge in [0.15, 0.2) is 0 Å². The van der Waals surface area contributed by atoms with Crippen molar-refractivity contribution in [3.05, 3.63) is 30.2 Å². The molecule has 1 aliphatic heterocycles. The van der Waals surface area contributed by atoms with Crippen LogP contribution in [0.3, 0.4) is 0 Å². The van der Waals surface area contributed by atoms with Crippen LogP contribution >= 0.6 is 0 Å². The van der Waals surface area contributed by atoms with E-state index in [9.17, 15) is 0 Å². The highest BCUT2D eigenvalue weighted by atomic mass is 14.7. The molecule has 1 heteroatoms. The summed E-state index contributed by atoms with van der Waals surface area (Å²) < 4.78 is 0. The van der Waals surface area contributed by atoms with E-state index in [1.807, 2.05) is 12.3 Å². The second-order valence-corrected chi connectivity index (χ2v) is 1.55. The van der Waals surface area contributed by atoms with Crippen LogP contribution in [0.4, 0.5) is 0 Å². The lowest BCUT2D eigenvalue weighted by Gasteiger charge is -1.93. The fraction of sp³-hybridized carbons (Fsp3) is 0.143. The quantitative estimate of drug-likeness (QED) is 0.416. The molecule has 0 atom stereocenters. The number of rotatable bonds is 0. The Morgan fingerprint density at radius 2 is 2.62 bits per heavy atom. The zero-order chi connectivity index (χ0) is 5.82. The van der Waals surface area contributed by atoms with Crippen molar-refractivity contribution in [1.82, 2.24) is 0 Å². The van der Waals surface area contributed by atoms with Crippen molar-refractivity contribution in [2.24, 2.45) is 4.99 Å². The first-order valence-electron chi connectivity index (χ1n) is 2.50. The summed E-state index contributed by atoms with van der Waals surface area (Å²) in [6.07, 6.45) is 6.37. The van der Waals surface area contributed by atoms with Crippen molar-refractivity contribution < 1.29 is 0 Å². The highest BCUT2D eigenvalue weighted by Gasteiger charge is 1.88. The minimum absolute atomic E-state index is 0.875. The second-order valence-electron chi connectivity index (χ2n) is 1.55. The Hall–Kier alpha value is -1.07. The van der Waals surface area contributed by atoms with Gasteiger partial charge in [0.2, 0.25) is 0 Å². The number of hydrogen-bond acceptors (Lipinski definition) is 1. The van der Waals surface area contributed by atoms with Gasteiger partial charge in [-0.2, -0.15) is 0 Å². The van der Waals surface area contributed by atoms with E-state index >= 15 is 0 Å². The lowest BCUT2D eigenvalue weighted by Crippen LogP contribution is -1.82. The highest BCUT2D eigenvalue weighted by molar-refractivity contribution is 5.65. The molecule has 1 rings (SSSR count). The van der Waals surface area contributed by atoms with Crippen molar-refractivity contribution >= 4 is 6.21 Å². The Labute approximate surface area is 48.7 Å². The molecule has 1 heterocycles. The van der Waals surface area contributed by atoms with Gasteiger partial charge in [0.1, 0.15) is 0 Å². The summed E-state index contributed by atoms with van der Waals surface area (Å²) in [4.78, 5) is 3.88. The maximum absolute atomic E-state index is 3.88. The molecule has 0 spiro atoms. The van der Waals surface area contributed by atoms with Crippen LogP contribution in [0.5, 0.6) is 0 Å². The third kappa shape index (κ3) is 0.955. The summed E-state index contributed by atoms with van der Waals surface area (Å²) in [6.45, 7) is 3.51. The van der Waals surface area contributed by atoms with E-state index in [0.717, 1.165) is 12.0 Å². The van der Waals surface area contributed by atoms with Gasteiger partial charge in [0.25, 0.3) is 0 Å². The van der Waals surface area contributed by atoms with E-state index in [1.165, 1.54) is 0 Å². The smallest absolute Gasteiger partial charge is 0.0273 e. The summed E-state index contributed by atoms with van der Waals surface area (Å²) in [5.41, 5.74) is 3.90. The number of nitrogens with zero attached hydrogens (tertiary/aromatic N) is 1. The second kappa shape index (κ2) is 2.29. The third-order valence-electron chi connectivity index (χ3n) is 1.01. The first-order valence-corrected chi connectivity index (χ1v) is 2.50. The van der Waals surface area contributed by atoms with Gasteiger partial charge in [0, 0.05) is 24.4 Å². The lowest BCUT2D eigenvalue weighted by atomic mass is 10.2. The molecule has 0 N–H and O–H groups in total. The fourth-order valence-corrected chi connectivity index (χ4v) is 0.544. The van der Waals surface area contributed by atoms with E-state index in [-0.39, 0.29) is 0 Å². The van der Waals surface area contributed by atoms with Crippen LogP contribution < -0.4 is 0 Å². The summed E-state index contributed by atoms with van der Waals surface area (Å²) in [7, 11) is 0. The van der Waals surface area contributed by atoms with E-state index in [4.69, 9.17) is 0 Å². The van der Waals surface area contributed by atoms with Crippen LogP contribution in [0, 0.1) is 0 Å². The van der Waals surface area contributed by atoms with Gasteiger partial charge < -0.3 is 0 Å². The van der Waals surface area contributed by atoms with Crippen LogP contribution in [0.2, 0.25) is 0 Å². The normalized spacial score (nSPS) is 16.2. The molecule has 0 aromatic heterocycles. The highest BCUT2D eigenvalue weighted by Crippen LogP contribution is 2.02. The minimum Gasteiger partial charge on any atom is -0.269 e. The third-order valence-corrected chi connectivity index (χ3v) is 1.01. The molecule has 0 saturated heterocycles. The van der Waals surface area contributed by atoms with Gasteiger partial charge in [-0.05, 0) is 6.08 Å². The molecule has 0 bridgehead atoms. The van der Waals surface area contributed by atoms with E-state index in [2.05, 4.69) is 17.3 Å².